The van der Waals surface area contributed by atoms with Crippen molar-refractivity contribution in [3.63, 3.8) is 0 Å². The van der Waals surface area contributed by atoms with Crippen molar-refractivity contribution in [1.29, 1.82) is 0 Å². The monoisotopic (exact) mass is 443 g/mol. The van der Waals surface area contributed by atoms with Crippen LogP contribution >= 0.6 is 0 Å². The molecule has 1 heterocycles. The number of rotatable bonds is 7. The predicted molar refractivity (Wildman–Crippen MR) is 130 cm³/mol. The molecule has 0 saturated carbocycles. The fourth-order valence-corrected chi connectivity index (χ4v) is 4.09. The normalized spacial score (nSPS) is 13.9. The number of piperidine rings is 1. The van der Waals surface area contributed by atoms with Crippen LogP contribution in [0.25, 0.3) is 0 Å². The molecule has 2 amide bonds. The second-order valence-corrected chi connectivity index (χ2v) is 8.15. The van der Waals surface area contributed by atoms with Crippen LogP contribution in [0.5, 0.6) is 5.75 Å². The zero-order valence-corrected chi connectivity index (χ0v) is 18.8. The van der Waals surface area contributed by atoms with Gasteiger partial charge in [-0.25, -0.2) is 0 Å². The second kappa shape index (κ2) is 10.7. The number of ether oxygens (including phenoxy) is 1. The second-order valence-electron chi connectivity index (χ2n) is 8.15. The van der Waals surface area contributed by atoms with E-state index in [-0.39, 0.29) is 17.9 Å². The molecule has 0 aliphatic carbocycles. The number of nitrogens with one attached hydrogen (secondary N) is 2. The minimum atomic E-state index is -0.0793. The number of hydrogen-bond acceptors (Lipinski definition) is 4. The number of carbonyl (C=O) groups is 2. The summed E-state index contributed by atoms with van der Waals surface area (Å²) >= 11 is 0. The molecule has 1 saturated heterocycles. The third kappa shape index (κ3) is 5.71. The van der Waals surface area contributed by atoms with E-state index < -0.39 is 0 Å². The Hall–Kier alpha value is -3.80. The lowest BCUT2D eigenvalue weighted by Crippen LogP contribution is -2.45. The van der Waals surface area contributed by atoms with E-state index in [0.717, 1.165) is 42.9 Å². The number of hydrogen-bond donors (Lipinski definition) is 2. The zero-order valence-electron chi connectivity index (χ0n) is 18.8. The number of benzene rings is 3. The predicted octanol–water partition coefficient (Wildman–Crippen LogP) is 4.02. The van der Waals surface area contributed by atoms with E-state index in [9.17, 15) is 9.59 Å². The van der Waals surface area contributed by atoms with Gasteiger partial charge in [0.25, 0.3) is 11.8 Å². The summed E-state index contributed by atoms with van der Waals surface area (Å²) < 4.78 is 5.15. The number of carbonyl (C=O) groups excluding carboxylic acids is 2. The fourth-order valence-electron chi connectivity index (χ4n) is 4.09. The standard InChI is InChI=1S/C27H29N3O3/c1-33-23-13-11-21(12-14-23)26(31)29-22-15-17-30(18-16-22)25-10-6-5-9-24(25)27(32)28-19-20-7-3-2-4-8-20/h2-14,22H,15-19H2,1H3,(H,28,32)(H,29,31). The molecular weight excluding hydrogens is 414 g/mol. The summed E-state index contributed by atoms with van der Waals surface area (Å²) in [6.45, 7) is 2.04. The van der Waals surface area contributed by atoms with Gasteiger partial charge in [0.1, 0.15) is 5.75 Å². The van der Waals surface area contributed by atoms with Crippen LogP contribution in [-0.4, -0.2) is 38.1 Å². The van der Waals surface area contributed by atoms with Crippen LogP contribution in [0.2, 0.25) is 0 Å². The molecule has 0 bridgehead atoms. The van der Waals surface area contributed by atoms with E-state index in [2.05, 4.69) is 15.5 Å². The van der Waals surface area contributed by atoms with Gasteiger partial charge in [0.05, 0.1) is 12.7 Å². The Kier molecular flexibility index (Phi) is 7.25. The van der Waals surface area contributed by atoms with E-state index >= 15 is 0 Å². The van der Waals surface area contributed by atoms with Crippen LogP contribution in [0.3, 0.4) is 0 Å². The van der Waals surface area contributed by atoms with Gasteiger partial charge in [-0.3, -0.25) is 9.59 Å². The summed E-state index contributed by atoms with van der Waals surface area (Å²) in [6, 6.07) is 24.8. The number of para-hydroxylation sites is 1. The van der Waals surface area contributed by atoms with Crippen LogP contribution in [0.1, 0.15) is 39.1 Å². The van der Waals surface area contributed by atoms with Gasteiger partial charge >= 0.3 is 0 Å². The molecule has 3 aromatic carbocycles. The first-order valence-electron chi connectivity index (χ1n) is 11.2. The topological polar surface area (TPSA) is 70.7 Å². The highest BCUT2D eigenvalue weighted by Crippen LogP contribution is 2.25. The molecule has 33 heavy (non-hydrogen) atoms. The van der Waals surface area contributed by atoms with Gasteiger partial charge in [0.15, 0.2) is 0 Å². The minimum Gasteiger partial charge on any atom is -0.497 e. The smallest absolute Gasteiger partial charge is 0.253 e. The van der Waals surface area contributed by atoms with Gasteiger partial charge in [-0.2, -0.15) is 0 Å². The summed E-state index contributed by atoms with van der Waals surface area (Å²) in [6.07, 6.45) is 1.64. The first-order chi connectivity index (χ1) is 16.1. The lowest BCUT2D eigenvalue weighted by molar-refractivity contribution is 0.0929. The maximum atomic E-state index is 12.9. The highest BCUT2D eigenvalue weighted by Gasteiger charge is 2.24. The Morgan fingerprint density at radius 1 is 0.879 bits per heavy atom. The highest BCUT2D eigenvalue weighted by molar-refractivity contribution is 5.99. The highest BCUT2D eigenvalue weighted by atomic mass is 16.5. The fraction of sp³-hybridized carbons (Fsp3) is 0.259. The van der Waals surface area contributed by atoms with Gasteiger partial charge in [-0.1, -0.05) is 42.5 Å². The number of anilines is 1. The van der Waals surface area contributed by atoms with E-state index in [1.807, 2.05) is 54.6 Å². The van der Waals surface area contributed by atoms with Crippen molar-refractivity contribution in [3.05, 3.63) is 95.6 Å². The van der Waals surface area contributed by atoms with Crippen molar-refractivity contribution in [3.8, 4) is 5.75 Å². The van der Waals surface area contributed by atoms with E-state index in [0.29, 0.717) is 17.7 Å². The molecule has 170 valence electrons. The van der Waals surface area contributed by atoms with E-state index in [1.54, 1.807) is 31.4 Å². The molecule has 0 unspecified atom stereocenters. The number of methoxy groups -OCH3 is 1. The third-order valence-corrected chi connectivity index (χ3v) is 5.97. The maximum Gasteiger partial charge on any atom is 0.253 e. The SMILES string of the molecule is COc1ccc(C(=O)NC2CCN(c3ccccc3C(=O)NCc3ccccc3)CC2)cc1. The summed E-state index contributed by atoms with van der Waals surface area (Å²) in [7, 11) is 1.61. The zero-order chi connectivity index (χ0) is 23.0. The molecule has 6 heteroatoms. The van der Waals surface area contributed by atoms with Crippen molar-refractivity contribution < 1.29 is 14.3 Å². The van der Waals surface area contributed by atoms with Gasteiger partial charge in [0, 0.05) is 36.9 Å². The van der Waals surface area contributed by atoms with Crippen molar-refractivity contribution in [2.75, 3.05) is 25.1 Å². The van der Waals surface area contributed by atoms with Crippen molar-refractivity contribution >= 4 is 17.5 Å². The Labute approximate surface area is 194 Å². The molecule has 3 aromatic rings. The van der Waals surface area contributed by atoms with Gasteiger partial charge in [0.2, 0.25) is 0 Å². The Balaban J connectivity index is 1.34. The van der Waals surface area contributed by atoms with Crippen LogP contribution in [-0.2, 0) is 6.54 Å². The molecule has 1 fully saturated rings. The molecule has 1 aliphatic heterocycles. The maximum absolute atomic E-state index is 12.9. The van der Waals surface area contributed by atoms with Crippen molar-refractivity contribution in [1.82, 2.24) is 10.6 Å². The largest absolute Gasteiger partial charge is 0.497 e. The summed E-state index contributed by atoms with van der Waals surface area (Å²) in [5.41, 5.74) is 3.30. The lowest BCUT2D eigenvalue weighted by atomic mass is 10.0. The molecule has 6 nitrogen and oxygen atoms in total. The van der Waals surface area contributed by atoms with Crippen LogP contribution < -0.4 is 20.3 Å². The molecule has 2 N–H and O–H groups in total. The first-order valence-corrected chi connectivity index (χ1v) is 11.2. The van der Waals surface area contributed by atoms with E-state index in [4.69, 9.17) is 4.74 Å². The third-order valence-electron chi connectivity index (χ3n) is 5.97. The summed E-state index contributed by atoms with van der Waals surface area (Å²) in [4.78, 5) is 27.7. The van der Waals surface area contributed by atoms with Crippen molar-refractivity contribution in [2.45, 2.75) is 25.4 Å². The first kappa shape index (κ1) is 22.4. The Morgan fingerprint density at radius 3 is 2.24 bits per heavy atom. The molecule has 4 rings (SSSR count). The number of amides is 2. The molecule has 1 aliphatic rings. The van der Waals surface area contributed by atoms with Crippen LogP contribution in [0.4, 0.5) is 5.69 Å². The Morgan fingerprint density at radius 2 is 1.55 bits per heavy atom. The summed E-state index contributed by atoms with van der Waals surface area (Å²) in [5.74, 6) is 0.576. The van der Waals surface area contributed by atoms with Gasteiger partial charge < -0.3 is 20.3 Å². The average molecular weight is 444 g/mol. The molecule has 0 aromatic heterocycles. The molecule has 0 radical (unpaired) electrons. The van der Waals surface area contributed by atoms with Gasteiger partial charge in [-0.15, -0.1) is 0 Å². The quantitative estimate of drug-likeness (QED) is 0.579. The minimum absolute atomic E-state index is 0.0724. The summed E-state index contributed by atoms with van der Waals surface area (Å²) in [5, 5.41) is 6.16. The van der Waals surface area contributed by atoms with Crippen LogP contribution in [0, 0.1) is 0 Å². The lowest BCUT2D eigenvalue weighted by Gasteiger charge is -2.35. The van der Waals surface area contributed by atoms with Crippen molar-refractivity contribution in [2.24, 2.45) is 0 Å². The molecule has 0 spiro atoms. The molecular formula is C27H29N3O3. The average Bonchev–Trinajstić information content (AvgIpc) is 2.88. The van der Waals surface area contributed by atoms with Gasteiger partial charge in [-0.05, 0) is 54.8 Å². The number of nitrogens with zero attached hydrogens (tertiary/aromatic N) is 1. The molecule has 0 atom stereocenters. The Bertz CT molecular complexity index is 1080. The van der Waals surface area contributed by atoms with Crippen LogP contribution in [0.15, 0.2) is 78.9 Å². The van der Waals surface area contributed by atoms with E-state index in [1.165, 1.54) is 0 Å².